The molecule has 31 heavy (non-hydrogen) atoms. The number of nitrogens with zero attached hydrogens (tertiary/aromatic N) is 8. The molecule has 0 aliphatic carbocycles. The van der Waals surface area contributed by atoms with Gasteiger partial charge in [0.1, 0.15) is 17.7 Å². The molecular formula is C22H15N9. The van der Waals surface area contributed by atoms with Crippen molar-refractivity contribution < 1.29 is 0 Å². The highest BCUT2D eigenvalue weighted by Crippen LogP contribution is 2.32. The Morgan fingerprint density at radius 2 is 1.94 bits per heavy atom. The van der Waals surface area contributed by atoms with Crippen LogP contribution in [0.15, 0.2) is 67.3 Å². The minimum absolute atomic E-state index is 0.231. The predicted molar refractivity (Wildman–Crippen MR) is 113 cm³/mol. The normalized spacial score (nSPS) is 10.8. The zero-order valence-corrected chi connectivity index (χ0v) is 16.2. The summed E-state index contributed by atoms with van der Waals surface area (Å²) in [5.74, 6) is 0.792. The minimum Gasteiger partial charge on any atom is -0.381 e. The van der Waals surface area contributed by atoms with Gasteiger partial charge in [0.15, 0.2) is 17.3 Å². The average Bonchev–Trinajstić information content (AvgIpc) is 3.24. The molecule has 2 N–H and O–H groups in total. The maximum absolute atomic E-state index is 9.32. The molecule has 0 aliphatic heterocycles. The van der Waals surface area contributed by atoms with E-state index in [1.165, 1.54) is 6.33 Å². The van der Waals surface area contributed by atoms with E-state index in [0.717, 1.165) is 11.3 Å². The SMILES string of the molecule is N#Cc1cccc(-c2nc(N)c3nc(Cc4ccccn4)nn3c2-c2ccncn2)c1. The first-order valence-corrected chi connectivity index (χ1v) is 9.45. The fourth-order valence-electron chi connectivity index (χ4n) is 3.34. The van der Waals surface area contributed by atoms with Crippen LogP contribution in [0.4, 0.5) is 5.82 Å². The lowest BCUT2D eigenvalue weighted by molar-refractivity contribution is 0.885. The Labute approximate surface area is 176 Å². The smallest absolute Gasteiger partial charge is 0.198 e. The van der Waals surface area contributed by atoms with Crippen LogP contribution < -0.4 is 5.73 Å². The van der Waals surface area contributed by atoms with Gasteiger partial charge in [0.05, 0.1) is 23.7 Å². The number of hydrogen-bond acceptors (Lipinski definition) is 8. The number of aromatic nitrogens is 7. The van der Waals surface area contributed by atoms with Crippen molar-refractivity contribution in [3.8, 4) is 28.7 Å². The number of benzene rings is 1. The first-order valence-electron chi connectivity index (χ1n) is 9.45. The zero-order valence-electron chi connectivity index (χ0n) is 16.2. The number of anilines is 1. The van der Waals surface area contributed by atoms with Gasteiger partial charge in [-0.25, -0.2) is 24.5 Å². The molecule has 5 aromatic rings. The first kappa shape index (κ1) is 18.3. The molecule has 0 spiro atoms. The maximum atomic E-state index is 9.32. The number of nitrogens with two attached hydrogens (primary N) is 1. The summed E-state index contributed by atoms with van der Waals surface area (Å²) in [7, 11) is 0. The summed E-state index contributed by atoms with van der Waals surface area (Å²) in [6.07, 6.45) is 5.28. The summed E-state index contributed by atoms with van der Waals surface area (Å²) in [4.78, 5) is 21.9. The first-order chi connectivity index (χ1) is 15.2. The summed E-state index contributed by atoms with van der Waals surface area (Å²) in [5.41, 5.74) is 10.6. The van der Waals surface area contributed by atoms with Crippen molar-refractivity contribution in [3.05, 3.63) is 84.3 Å². The lowest BCUT2D eigenvalue weighted by Crippen LogP contribution is -2.06. The average molecular weight is 405 g/mol. The zero-order chi connectivity index (χ0) is 21.2. The second kappa shape index (κ2) is 7.61. The van der Waals surface area contributed by atoms with Crippen LogP contribution in [0.1, 0.15) is 17.1 Å². The van der Waals surface area contributed by atoms with Crippen LogP contribution in [0.2, 0.25) is 0 Å². The van der Waals surface area contributed by atoms with Crippen molar-refractivity contribution >= 4 is 11.5 Å². The van der Waals surface area contributed by atoms with E-state index < -0.39 is 0 Å². The second-order valence-corrected chi connectivity index (χ2v) is 6.74. The molecule has 0 saturated carbocycles. The van der Waals surface area contributed by atoms with E-state index in [4.69, 9.17) is 10.8 Å². The topological polar surface area (TPSA) is 132 Å². The predicted octanol–water partition coefficient (Wildman–Crippen LogP) is 2.69. The fraction of sp³-hybridized carbons (Fsp3) is 0.0455. The maximum Gasteiger partial charge on any atom is 0.198 e. The monoisotopic (exact) mass is 405 g/mol. The van der Waals surface area contributed by atoms with Crippen LogP contribution in [0, 0.1) is 11.3 Å². The Kier molecular flexibility index (Phi) is 4.50. The molecule has 148 valence electrons. The summed E-state index contributed by atoms with van der Waals surface area (Å²) in [6, 6.07) is 16.8. The van der Waals surface area contributed by atoms with Gasteiger partial charge in [-0.1, -0.05) is 18.2 Å². The van der Waals surface area contributed by atoms with E-state index in [9.17, 15) is 5.26 Å². The Bertz CT molecular complexity index is 1420. The third-order valence-corrected chi connectivity index (χ3v) is 4.70. The van der Waals surface area contributed by atoms with Crippen LogP contribution in [0.3, 0.4) is 0 Å². The second-order valence-electron chi connectivity index (χ2n) is 6.74. The molecule has 0 atom stereocenters. The minimum atomic E-state index is 0.231. The largest absolute Gasteiger partial charge is 0.381 e. The molecule has 4 aromatic heterocycles. The highest BCUT2D eigenvalue weighted by Gasteiger charge is 2.21. The van der Waals surface area contributed by atoms with Crippen LogP contribution >= 0.6 is 0 Å². The van der Waals surface area contributed by atoms with Crippen molar-refractivity contribution in [3.63, 3.8) is 0 Å². The number of fused-ring (bicyclic) bond motifs is 1. The Morgan fingerprint density at radius 1 is 1.00 bits per heavy atom. The molecule has 0 aliphatic rings. The molecule has 0 unspecified atom stereocenters. The molecule has 0 saturated heterocycles. The van der Waals surface area contributed by atoms with E-state index in [-0.39, 0.29) is 5.82 Å². The van der Waals surface area contributed by atoms with E-state index >= 15 is 0 Å². The highest BCUT2D eigenvalue weighted by atomic mass is 15.3. The number of nitriles is 1. The van der Waals surface area contributed by atoms with Crippen LogP contribution in [0.5, 0.6) is 0 Å². The third-order valence-electron chi connectivity index (χ3n) is 4.70. The molecule has 0 bridgehead atoms. The molecule has 0 fully saturated rings. The van der Waals surface area contributed by atoms with Gasteiger partial charge in [0.25, 0.3) is 0 Å². The summed E-state index contributed by atoms with van der Waals surface area (Å²) < 4.78 is 1.65. The quantitative estimate of drug-likeness (QED) is 0.483. The Hall–Kier alpha value is -4.71. The molecular weight excluding hydrogens is 390 g/mol. The van der Waals surface area contributed by atoms with E-state index in [1.54, 1.807) is 41.2 Å². The summed E-state index contributed by atoms with van der Waals surface area (Å²) in [5, 5.41) is 14.0. The van der Waals surface area contributed by atoms with Crippen molar-refractivity contribution in [2.45, 2.75) is 6.42 Å². The van der Waals surface area contributed by atoms with E-state index in [2.05, 4.69) is 31.0 Å². The Balaban J connectivity index is 1.76. The Morgan fingerprint density at radius 3 is 2.71 bits per heavy atom. The molecule has 0 amide bonds. The number of rotatable bonds is 4. The van der Waals surface area contributed by atoms with Crippen LogP contribution in [-0.2, 0) is 6.42 Å². The van der Waals surface area contributed by atoms with Gasteiger partial charge in [-0.15, -0.1) is 0 Å². The van der Waals surface area contributed by atoms with Gasteiger partial charge in [0.2, 0.25) is 0 Å². The van der Waals surface area contributed by atoms with Gasteiger partial charge in [-0.2, -0.15) is 10.4 Å². The van der Waals surface area contributed by atoms with Gasteiger partial charge in [-0.05, 0) is 30.3 Å². The third kappa shape index (κ3) is 3.42. The van der Waals surface area contributed by atoms with Crippen LogP contribution in [-0.4, -0.2) is 34.5 Å². The summed E-state index contributed by atoms with van der Waals surface area (Å²) >= 11 is 0. The van der Waals surface area contributed by atoms with Gasteiger partial charge in [-0.3, -0.25) is 4.98 Å². The van der Waals surface area contributed by atoms with Crippen molar-refractivity contribution in [1.82, 2.24) is 34.5 Å². The van der Waals surface area contributed by atoms with Crippen molar-refractivity contribution in [2.24, 2.45) is 0 Å². The molecule has 4 heterocycles. The van der Waals surface area contributed by atoms with Crippen molar-refractivity contribution in [2.75, 3.05) is 5.73 Å². The molecule has 1 aromatic carbocycles. The summed E-state index contributed by atoms with van der Waals surface area (Å²) in [6.45, 7) is 0. The van der Waals surface area contributed by atoms with E-state index in [0.29, 0.717) is 40.5 Å². The highest BCUT2D eigenvalue weighted by molar-refractivity contribution is 5.81. The number of hydrogen-bond donors (Lipinski definition) is 1. The molecule has 0 radical (unpaired) electrons. The van der Waals surface area contributed by atoms with E-state index in [1.807, 2.05) is 24.3 Å². The standard InChI is InChI=1S/C22H15N9/c23-12-14-4-3-5-15(10-14)19-20(17-7-9-25-13-27-17)31-22(21(24)29-19)28-18(30-31)11-16-6-1-2-8-26-16/h1-10,13H,11H2,(H2,24,29). The number of nitrogen functional groups attached to an aromatic ring is 1. The van der Waals surface area contributed by atoms with Gasteiger partial charge >= 0.3 is 0 Å². The fourth-order valence-corrected chi connectivity index (χ4v) is 3.34. The lowest BCUT2D eigenvalue weighted by Gasteiger charge is -2.11. The molecule has 9 nitrogen and oxygen atoms in total. The molecule has 5 rings (SSSR count). The van der Waals surface area contributed by atoms with Gasteiger partial charge < -0.3 is 5.73 Å². The van der Waals surface area contributed by atoms with Gasteiger partial charge in [0, 0.05) is 23.7 Å². The van der Waals surface area contributed by atoms with Crippen LogP contribution in [0.25, 0.3) is 28.3 Å². The lowest BCUT2D eigenvalue weighted by atomic mass is 10.0. The van der Waals surface area contributed by atoms with Crippen molar-refractivity contribution in [1.29, 1.82) is 5.26 Å². The number of pyridine rings is 1. The molecule has 9 heteroatoms.